The standard InChI is InChI=1S/C19H15NOS4/c21-14(16-9-10-18(24-16)17-8-4-11-22-17)6-3-12-23-19-20-13-5-1-2-7-15(13)25-19/h1-2,4-5,7-11H,3,6,12H2. The number of aromatic nitrogens is 1. The van der Waals surface area contributed by atoms with Crippen molar-refractivity contribution in [3.8, 4) is 9.75 Å². The van der Waals surface area contributed by atoms with Crippen molar-refractivity contribution < 1.29 is 4.79 Å². The van der Waals surface area contributed by atoms with Crippen LogP contribution in [-0.2, 0) is 0 Å². The van der Waals surface area contributed by atoms with E-state index in [0.29, 0.717) is 6.42 Å². The van der Waals surface area contributed by atoms with Crippen molar-refractivity contribution in [2.45, 2.75) is 17.2 Å². The average molecular weight is 402 g/mol. The summed E-state index contributed by atoms with van der Waals surface area (Å²) in [5.74, 6) is 1.17. The number of thiazole rings is 1. The number of carbonyl (C=O) groups excluding carboxylic acids is 1. The van der Waals surface area contributed by atoms with Gasteiger partial charge in [0.05, 0.1) is 15.1 Å². The van der Waals surface area contributed by atoms with Crippen LogP contribution in [-0.4, -0.2) is 16.5 Å². The minimum atomic E-state index is 0.248. The van der Waals surface area contributed by atoms with Gasteiger partial charge in [-0.15, -0.1) is 34.0 Å². The molecule has 0 radical (unpaired) electrons. The summed E-state index contributed by atoms with van der Waals surface area (Å²) in [6.45, 7) is 0. The lowest BCUT2D eigenvalue weighted by molar-refractivity contribution is 0.0986. The van der Waals surface area contributed by atoms with Crippen LogP contribution in [0.15, 0.2) is 58.3 Å². The number of thiophene rings is 2. The van der Waals surface area contributed by atoms with Crippen molar-refractivity contribution in [1.82, 2.24) is 4.98 Å². The first-order valence-electron chi connectivity index (χ1n) is 7.95. The average Bonchev–Trinajstić information content (AvgIpc) is 3.37. The molecule has 0 amide bonds. The van der Waals surface area contributed by atoms with Crippen LogP contribution in [0.1, 0.15) is 22.5 Å². The lowest BCUT2D eigenvalue weighted by atomic mass is 10.2. The summed E-state index contributed by atoms with van der Waals surface area (Å²) in [5.41, 5.74) is 1.06. The smallest absolute Gasteiger partial charge is 0.172 e. The van der Waals surface area contributed by atoms with Crippen molar-refractivity contribution in [2.75, 3.05) is 5.75 Å². The Kier molecular flexibility index (Phi) is 5.31. The highest BCUT2D eigenvalue weighted by molar-refractivity contribution is 8.01. The summed E-state index contributed by atoms with van der Waals surface area (Å²) in [5, 5.41) is 2.07. The van der Waals surface area contributed by atoms with Gasteiger partial charge in [0.2, 0.25) is 0 Å². The highest BCUT2D eigenvalue weighted by Crippen LogP contribution is 2.33. The molecular weight excluding hydrogens is 386 g/mol. The van der Waals surface area contributed by atoms with E-state index in [2.05, 4.69) is 28.6 Å². The number of hydrogen-bond acceptors (Lipinski definition) is 6. The molecule has 3 aromatic heterocycles. The lowest BCUT2D eigenvalue weighted by Crippen LogP contribution is -1.96. The van der Waals surface area contributed by atoms with Gasteiger partial charge in [-0.2, -0.15) is 0 Å². The zero-order valence-corrected chi connectivity index (χ0v) is 16.6. The molecule has 3 heterocycles. The fourth-order valence-electron chi connectivity index (χ4n) is 2.47. The molecule has 0 bridgehead atoms. The van der Waals surface area contributed by atoms with Crippen molar-refractivity contribution in [3.05, 3.63) is 58.8 Å². The van der Waals surface area contributed by atoms with E-state index >= 15 is 0 Å². The summed E-state index contributed by atoms with van der Waals surface area (Å²) in [4.78, 5) is 20.3. The largest absolute Gasteiger partial charge is 0.293 e. The van der Waals surface area contributed by atoms with Crippen molar-refractivity contribution in [2.24, 2.45) is 0 Å². The van der Waals surface area contributed by atoms with Gasteiger partial charge in [0, 0.05) is 21.9 Å². The van der Waals surface area contributed by atoms with Crippen molar-refractivity contribution >= 4 is 61.8 Å². The third-order valence-electron chi connectivity index (χ3n) is 3.69. The van der Waals surface area contributed by atoms with E-state index in [0.717, 1.165) is 26.9 Å². The number of Topliss-reactive ketones (excluding diaryl/α,β-unsaturated/α-hetero) is 1. The number of carbonyl (C=O) groups is 1. The van der Waals surface area contributed by atoms with E-state index < -0.39 is 0 Å². The van der Waals surface area contributed by atoms with Gasteiger partial charge < -0.3 is 0 Å². The summed E-state index contributed by atoms with van der Waals surface area (Å²) >= 11 is 6.78. The lowest BCUT2D eigenvalue weighted by Gasteiger charge is -1.98. The minimum Gasteiger partial charge on any atom is -0.293 e. The van der Waals surface area contributed by atoms with Crippen LogP contribution in [0.25, 0.3) is 20.0 Å². The Bertz CT molecular complexity index is 951. The molecule has 0 N–H and O–H groups in total. The molecule has 0 saturated heterocycles. The number of benzene rings is 1. The van der Waals surface area contributed by atoms with E-state index in [-0.39, 0.29) is 5.78 Å². The fraction of sp³-hybridized carbons (Fsp3) is 0.158. The monoisotopic (exact) mass is 401 g/mol. The van der Waals surface area contributed by atoms with Gasteiger partial charge in [0.15, 0.2) is 10.1 Å². The fourth-order valence-corrected chi connectivity index (χ4v) is 6.35. The Morgan fingerprint density at radius 2 is 1.92 bits per heavy atom. The number of para-hydroxylation sites is 1. The maximum Gasteiger partial charge on any atom is 0.172 e. The summed E-state index contributed by atoms with van der Waals surface area (Å²) in [6, 6.07) is 16.4. The molecular formula is C19H15NOS4. The van der Waals surface area contributed by atoms with Gasteiger partial charge in [-0.25, -0.2) is 4.98 Å². The highest BCUT2D eigenvalue weighted by Gasteiger charge is 2.11. The summed E-state index contributed by atoms with van der Waals surface area (Å²) < 4.78 is 2.31. The molecule has 0 atom stereocenters. The second kappa shape index (κ2) is 7.83. The van der Waals surface area contributed by atoms with Crippen LogP contribution < -0.4 is 0 Å². The third kappa shape index (κ3) is 4.03. The summed E-state index contributed by atoms with van der Waals surface area (Å²) in [6.07, 6.45) is 1.48. The van der Waals surface area contributed by atoms with Crippen LogP contribution in [0, 0.1) is 0 Å². The molecule has 0 saturated carbocycles. The molecule has 25 heavy (non-hydrogen) atoms. The minimum absolute atomic E-state index is 0.248. The molecule has 0 aliphatic rings. The third-order valence-corrected chi connectivity index (χ3v) is 8.15. The Hall–Kier alpha value is -1.47. The van der Waals surface area contributed by atoms with E-state index in [1.807, 2.05) is 30.3 Å². The van der Waals surface area contributed by atoms with E-state index in [1.165, 1.54) is 14.5 Å². The molecule has 1 aromatic carbocycles. The number of fused-ring (bicyclic) bond motifs is 1. The van der Waals surface area contributed by atoms with Gasteiger partial charge in [-0.05, 0) is 42.1 Å². The number of nitrogens with zero attached hydrogens (tertiary/aromatic N) is 1. The van der Waals surface area contributed by atoms with Crippen LogP contribution in [0.5, 0.6) is 0 Å². The number of hydrogen-bond donors (Lipinski definition) is 0. The molecule has 6 heteroatoms. The summed E-state index contributed by atoms with van der Waals surface area (Å²) in [7, 11) is 0. The Morgan fingerprint density at radius 3 is 2.76 bits per heavy atom. The normalized spacial score (nSPS) is 11.2. The number of ketones is 1. The zero-order valence-electron chi connectivity index (χ0n) is 13.3. The number of thioether (sulfide) groups is 1. The Morgan fingerprint density at radius 1 is 1.00 bits per heavy atom. The van der Waals surface area contributed by atoms with Gasteiger partial charge in [-0.1, -0.05) is 30.0 Å². The molecule has 4 aromatic rings. The van der Waals surface area contributed by atoms with Crippen molar-refractivity contribution in [1.29, 1.82) is 0 Å². The molecule has 0 aliphatic heterocycles. The second-order valence-electron chi connectivity index (χ2n) is 5.46. The highest BCUT2D eigenvalue weighted by atomic mass is 32.2. The first-order valence-corrected chi connectivity index (χ1v) is 11.4. The van der Waals surface area contributed by atoms with Crippen LogP contribution in [0.3, 0.4) is 0 Å². The molecule has 0 unspecified atom stereocenters. The maximum absolute atomic E-state index is 12.4. The number of rotatable bonds is 7. The van der Waals surface area contributed by atoms with Crippen LogP contribution >= 0.6 is 45.8 Å². The molecule has 4 rings (SSSR count). The van der Waals surface area contributed by atoms with E-state index in [1.54, 1.807) is 45.8 Å². The van der Waals surface area contributed by atoms with Gasteiger partial charge in [0.1, 0.15) is 0 Å². The van der Waals surface area contributed by atoms with E-state index in [4.69, 9.17) is 0 Å². The second-order valence-corrected chi connectivity index (χ2v) is 9.87. The van der Waals surface area contributed by atoms with Crippen LogP contribution in [0.4, 0.5) is 0 Å². The van der Waals surface area contributed by atoms with Crippen molar-refractivity contribution in [3.63, 3.8) is 0 Å². The zero-order chi connectivity index (χ0) is 17.1. The Balaban J connectivity index is 1.29. The molecule has 0 aliphatic carbocycles. The quantitative estimate of drug-likeness (QED) is 0.193. The maximum atomic E-state index is 12.4. The predicted molar refractivity (Wildman–Crippen MR) is 112 cm³/mol. The predicted octanol–water partition coefficient (Wildman–Crippen LogP) is 6.84. The Labute approximate surface area is 162 Å². The molecule has 0 fully saturated rings. The first kappa shape index (κ1) is 17.0. The first-order chi connectivity index (χ1) is 12.3. The van der Waals surface area contributed by atoms with E-state index in [9.17, 15) is 4.79 Å². The van der Waals surface area contributed by atoms with Crippen LogP contribution in [0.2, 0.25) is 0 Å². The van der Waals surface area contributed by atoms with Gasteiger partial charge >= 0.3 is 0 Å². The molecule has 2 nitrogen and oxygen atoms in total. The van der Waals surface area contributed by atoms with Gasteiger partial charge in [0.25, 0.3) is 0 Å². The SMILES string of the molecule is O=C(CCCSc1nc2ccccc2s1)c1ccc(-c2cccs2)s1. The van der Waals surface area contributed by atoms with Gasteiger partial charge in [-0.3, -0.25) is 4.79 Å². The molecule has 126 valence electrons. The topological polar surface area (TPSA) is 30.0 Å². The molecule has 0 spiro atoms.